The molecule has 0 saturated carbocycles. The monoisotopic (exact) mass is 437 g/mol. The van der Waals surface area contributed by atoms with Crippen LogP contribution < -0.4 is 14.9 Å². The van der Waals surface area contributed by atoms with Gasteiger partial charge < -0.3 is 15.2 Å². The Morgan fingerprint density at radius 1 is 1.23 bits per heavy atom. The third kappa shape index (κ3) is 4.51. The Hall–Kier alpha value is -3.21. The van der Waals surface area contributed by atoms with Gasteiger partial charge in [0.15, 0.2) is 5.82 Å². The van der Waals surface area contributed by atoms with E-state index in [4.69, 9.17) is 0 Å². The van der Waals surface area contributed by atoms with Gasteiger partial charge in [0.25, 0.3) is 5.91 Å². The van der Waals surface area contributed by atoms with Gasteiger partial charge in [-0.25, -0.2) is 22.2 Å². The average molecular weight is 437 g/mol. The molecule has 0 radical (unpaired) electrons. The van der Waals surface area contributed by atoms with Gasteiger partial charge in [0.2, 0.25) is 10.0 Å². The SMILES string of the molecule is CCCS(=O)(=O)Nc1ccc(F)c(C(=O)Nc2cnc3[nH]c(N(C)C)cc3c2)c1F. The van der Waals surface area contributed by atoms with Gasteiger partial charge in [0, 0.05) is 19.5 Å². The highest BCUT2D eigenvalue weighted by molar-refractivity contribution is 7.92. The number of hydrogen-bond donors (Lipinski definition) is 3. The quantitative estimate of drug-likeness (QED) is 0.526. The summed E-state index contributed by atoms with van der Waals surface area (Å²) in [4.78, 5) is 21.6. The van der Waals surface area contributed by atoms with Crippen LogP contribution in [0, 0.1) is 11.6 Å². The number of benzene rings is 1. The summed E-state index contributed by atoms with van der Waals surface area (Å²) in [6, 6.07) is 5.18. The third-order valence-corrected chi connectivity index (χ3v) is 5.73. The highest BCUT2D eigenvalue weighted by atomic mass is 32.2. The molecule has 3 aromatic rings. The number of aromatic amines is 1. The molecule has 0 aliphatic carbocycles. The van der Waals surface area contributed by atoms with E-state index in [1.165, 1.54) is 6.20 Å². The van der Waals surface area contributed by atoms with Crippen LogP contribution in [-0.4, -0.2) is 44.1 Å². The van der Waals surface area contributed by atoms with Gasteiger partial charge in [-0.3, -0.25) is 9.52 Å². The van der Waals surface area contributed by atoms with E-state index in [0.29, 0.717) is 17.5 Å². The zero-order valence-electron chi connectivity index (χ0n) is 16.6. The lowest BCUT2D eigenvalue weighted by atomic mass is 10.1. The van der Waals surface area contributed by atoms with Crippen molar-refractivity contribution in [2.24, 2.45) is 0 Å². The molecule has 11 heteroatoms. The second-order valence-corrected chi connectivity index (χ2v) is 8.71. The molecule has 2 heterocycles. The van der Waals surface area contributed by atoms with E-state index < -0.39 is 38.8 Å². The zero-order valence-corrected chi connectivity index (χ0v) is 17.4. The summed E-state index contributed by atoms with van der Waals surface area (Å²) in [7, 11) is -0.116. The van der Waals surface area contributed by atoms with Crippen molar-refractivity contribution in [2.45, 2.75) is 13.3 Å². The summed E-state index contributed by atoms with van der Waals surface area (Å²) < 4.78 is 54.8. The number of pyridine rings is 1. The third-order valence-electron chi connectivity index (χ3n) is 4.25. The number of rotatable bonds is 7. The number of carbonyl (C=O) groups excluding carboxylic acids is 1. The van der Waals surface area contributed by atoms with Gasteiger partial charge in [-0.1, -0.05) is 6.92 Å². The number of anilines is 3. The van der Waals surface area contributed by atoms with Gasteiger partial charge in [0.05, 0.1) is 23.3 Å². The second kappa shape index (κ2) is 8.27. The first-order valence-electron chi connectivity index (χ1n) is 9.07. The van der Waals surface area contributed by atoms with Gasteiger partial charge in [0.1, 0.15) is 22.8 Å². The topological polar surface area (TPSA) is 107 Å². The Bertz CT molecular complexity index is 1210. The standard InChI is InChI=1S/C19H21F2N5O3S/c1-4-7-30(28,29)25-14-6-5-13(20)16(17(14)21)19(27)23-12-8-11-9-15(26(2)3)24-18(11)22-10-12/h5-6,8-10,25H,4,7H2,1-3H3,(H,22,24)(H,23,27). The molecule has 2 aromatic heterocycles. The maximum atomic E-state index is 14.7. The first-order chi connectivity index (χ1) is 14.1. The Morgan fingerprint density at radius 3 is 2.63 bits per heavy atom. The Kier molecular flexibility index (Phi) is 5.92. The maximum Gasteiger partial charge on any atom is 0.261 e. The summed E-state index contributed by atoms with van der Waals surface area (Å²) in [6.45, 7) is 1.65. The molecule has 8 nitrogen and oxygen atoms in total. The Labute approximate surface area is 172 Å². The van der Waals surface area contributed by atoms with Gasteiger partial charge in [-0.05, 0) is 30.7 Å². The van der Waals surface area contributed by atoms with Crippen molar-refractivity contribution in [2.75, 3.05) is 34.8 Å². The van der Waals surface area contributed by atoms with E-state index >= 15 is 0 Å². The van der Waals surface area contributed by atoms with Gasteiger partial charge in [-0.2, -0.15) is 0 Å². The molecule has 0 unspecified atom stereocenters. The van der Waals surface area contributed by atoms with Crippen molar-refractivity contribution in [3.05, 3.63) is 47.7 Å². The fourth-order valence-corrected chi connectivity index (χ4v) is 3.96. The number of hydrogen-bond acceptors (Lipinski definition) is 5. The molecule has 3 rings (SSSR count). The van der Waals surface area contributed by atoms with Crippen LogP contribution in [0.3, 0.4) is 0 Å². The highest BCUT2D eigenvalue weighted by Crippen LogP contribution is 2.25. The Balaban J connectivity index is 1.89. The summed E-state index contributed by atoms with van der Waals surface area (Å²) in [5.41, 5.74) is -0.575. The molecular formula is C19H21F2N5O3S. The molecule has 0 aliphatic rings. The largest absolute Gasteiger partial charge is 0.364 e. The molecule has 0 aliphatic heterocycles. The number of halogens is 2. The minimum atomic E-state index is -3.81. The van der Waals surface area contributed by atoms with Crippen LogP contribution in [-0.2, 0) is 10.0 Å². The average Bonchev–Trinajstić information content (AvgIpc) is 3.08. The van der Waals surface area contributed by atoms with Crippen molar-refractivity contribution >= 4 is 44.2 Å². The molecule has 0 spiro atoms. The first-order valence-corrected chi connectivity index (χ1v) is 10.7. The summed E-state index contributed by atoms with van der Waals surface area (Å²) >= 11 is 0. The highest BCUT2D eigenvalue weighted by Gasteiger charge is 2.23. The van der Waals surface area contributed by atoms with Crippen LogP contribution in [0.4, 0.5) is 26.0 Å². The van der Waals surface area contributed by atoms with E-state index in [0.717, 1.165) is 18.0 Å². The summed E-state index contributed by atoms with van der Waals surface area (Å²) in [5.74, 6) is -2.91. The number of nitrogens with zero attached hydrogens (tertiary/aromatic N) is 2. The van der Waals surface area contributed by atoms with Crippen LogP contribution in [0.15, 0.2) is 30.5 Å². The minimum absolute atomic E-state index is 0.229. The summed E-state index contributed by atoms with van der Waals surface area (Å²) in [6.07, 6.45) is 1.66. The fourth-order valence-electron chi connectivity index (χ4n) is 2.83. The summed E-state index contributed by atoms with van der Waals surface area (Å²) in [5, 5.41) is 3.09. The number of fused-ring (bicyclic) bond motifs is 1. The fraction of sp³-hybridized carbons (Fsp3) is 0.263. The lowest BCUT2D eigenvalue weighted by Crippen LogP contribution is -2.20. The van der Waals surface area contributed by atoms with Gasteiger partial charge in [-0.15, -0.1) is 0 Å². The van der Waals surface area contributed by atoms with Crippen molar-refractivity contribution < 1.29 is 22.0 Å². The van der Waals surface area contributed by atoms with Gasteiger partial charge >= 0.3 is 0 Å². The lowest BCUT2D eigenvalue weighted by molar-refractivity contribution is 0.101. The van der Waals surface area contributed by atoms with Crippen LogP contribution in [0.5, 0.6) is 0 Å². The van der Waals surface area contributed by atoms with Crippen molar-refractivity contribution in [1.82, 2.24) is 9.97 Å². The van der Waals surface area contributed by atoms with Crippen LogP contribution in [0.25, 0.3) is 11.0 Å². The minimum Gasteiger partial charge on any atom is -0.364 e. The number of sulfonamides is 1. The number of aromatic nitrogens is 2. The van der Waals surface area contributed by atoms with Crippen LogP contribution in [0.2, 0.25) is 0 Å². The number of carbonyl (C=O) groups is 1. The molecule has 1 aromatic carbocycles. The zero-order chi connectivity index (χ0) is 22.1. The van der Waals surface area contributed by atoms with Crippen LogP contribution >= 0.6 is 0 Å². The molecule has 0 bridgehead atoms. The lowest BCUT2D eigenvalue weighted by Gasteiger charge is -2.12. The van der Waals surface area contributed by atoms with Crippen molar-refractivity contribution in [1.29, 1.82) is 0 Å². The smallest absolute Gasteiger partial charge is 0.261 e. The predicted octanol–water partition coefficient (Wildman–Crippen LogP) is 3.31. The molecule has 1 amide bonds. The molecule has 160 valence electrons. The van der Waals surface area contributed by atoms with Crippen LogP contribution in [0.1, 0.15) is 23.7 Å². The number of amides is 1. The van der Waals surface area contributed by atoms with E-state index in [2.05, 4.69) is 15.3 Å². The molecule has 0 atom stereocenters. The van der Waals surface area contributed by atoms with E-state index in [9.17, 15) is 22.0 Å². The first kappa shape index (κ1) is 21.5. The second-order valence-electron chi connectivity index (χ2n) is 6.87. The van der Waals surface area contributed by atoms with E-state index in [-0.39, 0.29) is 11.4 Å². The normalized spacial score (nSPS) is 11.5. The Morgan fingerprint density at radius 2 is 1.97 bits per heavy atom. The molecule has 3 N–H and O–H groups in total. The maximum absolute atomic E-state index is 14.7. The molecule has 0 saturated heterocycles. The molecule has 30 heavy (non-hydrogen) atoms. The molecular weight excluding hydrogens is 416 g/mol. The number of nitrogens with one attached hydrogen (secondary N) is 3. The van der Waals surface area contributed by atoms with Crippen molar-refractivity contribution in [3.63, 3.8) is 0 Å². The van der Waals surface area contributed by atoms with Crippen molar-refractivity contribution in [3.8, 4) is 0 Å². The number of H-pyrrole nitrogens is 1. The predicted molar refractivity (Wildman–Crippen MR) is 112 cm³/mol. The molecule has 0 fully saturated rings. The van der Waals surface area contributed by atoms with E-state index in [1.54, 1.807) is 13.0 Å². The van der Waals surface area contributed by atoms with E-state index in [1.807, 2.05) is 29.8 Å².